The van der Waals surface area contributed by atoms with Crippen molar-refractivity contribution in [3.8, 4) is 11.5 Å². The highest BCUT2D eigenvalue weighted by atomic mass is 31.1. The smallest absolute Gasteiger partial charge is 0.129 e. The Kier molecular flexibility index (Phi) is 2.91. The summed E-state index contributed by atoms with van der Waals surface area (Å²) in [6, 6.07) is 4.39. The molecule has 1 unspecified atom stereocenters. The molecule has 0 spiro atoms. The first-order valence-electron chi connectivity index (χ1n) is 4.40. The van der Waals surface area contributed by atoms with Crippen molar-refractivity contribution in [2.75, 3.05) is 0 Å². The van der Waals surface area contributed by atoms with Crippen LogP contribution in [0.5, 0.6) is 11.5 Å². The van der Waals surface area contributed by atoms with Crippen LogP contribution in [0.1, 0.15) is 20.8 Å². The van der Waals surface area contributed by atoms with Crippen LogP contribution in [-0.4, -0.2) is 15.4 Å². The molecule has 78 valence electrons. The molecular weight excluding hydrogens is 199 g/mol. The van der Waals surface area contributed by atoms with E-state index in [0.29, 0.717) is 0 Å². The summed E-state index contributed by atoms with van der Waals surface area (Å²) in [6.45, 7) is 5.46. The molecule has 0 aliphatic rings. The van der Waals surface area contributed by atoms with E-state index in [1.165, 1.54) is 18.2 Å². The van der Waals surface area contributed by atoms with Crippen LogP contribution in [0.25, 0.3) is 0 Å². The van der Waals surface area contributed by atoms with Crippen LogP contribution >= 0.6 is 7.80 Å². The van der Waals surface area contributed by atoms with E-state index in [1.807, 2.05) is 20.8 Å². The maximum atomic E-state index is 12.0. The van der Waals surface area contributed by atoms with Crippen molar-refractivity contribution in [1.29, 1.82) is 0 Å². The number of phenols is 2. The van der Waals surface area contributed by atoms with Crippen molar-refractivity contribution in [3.05, 3.63) is 18.2 Å². The predicted molar refractivity (Wildman–Crippen MR) is 58.2 cm³/mol. The lowest BCUT2D eigenvalue weighted by Crippen LogP contribution is -2.15. The minimum absolute atomic E-state index is 0.0937. The fourth-order valence-corrected chi connectivity index (χ4v) is 2.52. The summed E-state index contributed by atoms with van der Waals surface area (Å²) in [5, 5.41) is 18.7. The van der Waals surface area contributed by atoms with Gasteiger partial charge in [0.15, 0.2) is 0 Å². The summed E-state index contributed by atoms with van der Waals surface area (Å²) < 4.78 is 12.0. The average molecular weight is 214 g/mol. The summed E-state index contributed by atoms with van der Waals surface area (Å²) in [6.07, 6.45) is 0. The first-order valence-corrected chi connectivity index (χ1v) is 5.80. The molecule has 0 aromatic heterocycles. The maximum Gasteiger partial charge on any atom is 0.129 e. The van der Waals surface area contributed by atoms with Gasteiger partial charge >= 0.3 is 0 Å². The minimum Gasteiger partial charge on any atom is -0.507 e. The molecule has 0 saturated carbocycles. The van der Waals surface area contributed by atoms with Crippen molar-refractivity contribution >= 4 is 13.1 Å². The van der Waals surface area contributed by atoms with Gasteiger partial charge < -0.3 is 14.8 Å². The average Bonchev–Trinajstić information content (AvgIpc) is 2.01. The molecule has 1 atom stereocenters. The normalized spacial score (nSPS) is 13.9. The van der Waals surface area contributed by atoms with Crippen molar-refractivity contribution in [1.82, 2.24) is 0 Å². The zero-order valence-electron chi connectivity index (χ0n) is 8.53. The Morgan fingerprint density at radius 2 is 1.57 bits per heavy atom. The lowest BCUT2D eigenvalue weighted by molar-refractivity contribution is 0.456. The van der Waals surface area contributed by atoms with Gasteiger partial charge in [0.2, 0.25) is 0 Å². The van der Waals surface area contributed by atoms with Gasteiger partial charge in [0.05, 0.1) is 5.30 Å². The largest absolute Gasteiger partial charge is 0.507 e. The molecule has 0 aliphatic heterocycles. The molecule has 1 aromatic rings. The predicted octanol–water partition coefficient (Wildman–Crippen LogP) is 2.08. The zero-order valence-corrected chi connectivity index (χ0v) is 9.53. The monoisotopic (exact) mass is 214 g/mol. The number of aromatic hydroxyl groups is 2. The van der Waals surface area contributed by atoms with E-state index in [-0.39, 0.29) is 16.8 Å². The Morgan fingerprint density at radius 1 is 1.14 bits per heavy atom. The molecular formula is C10H15O3P. The molecule has 0 saturated heterocycles. The lowest BCUT2D eigenvalue weighted by atomic mass is 10.3. The molecule has 0 amide bonds. The summed E-state index contributed by atoms with van der Waals surface area (Å²) in [7, 11) is -2.19. The summed E-state index contributed by atoms with van der Waals surface area (Å²) in [5.41, 5.74) is 0. The second kappa shape index (κ2) is 3.66. The zero-order chi connectivity index (χ0) is 10.9. The summed E-state index contributed by atoms with van der Waals surface area (Å²) >= 11 is 0. The summed E-state index contributed by atoms with van der Waals surface area (Å²) in [4.78, 5) is 0. The van der Waals surface area contributed by atoms with Crippen LogP contribution in [0.2, 0.25) is 0 Å². The second-order valence-electron chi connectivity index (χ2n) is 4.25. The molecule has 4 heteroatoms. The van der Waals surface area contributed by atoms with Gasteiger partial charge in [-0.3, -0.25) is 0 Å². The fourth-order valence-electron chi connectivity index (χ4n) is 1.14. The number of benzene rings is 1. The standard InChI is InChI=1S/C10H15O3P/c1-10(2,3)14(13)9-7(11)5-4-6-8(9)12/h4-6,11-12,14H,1-3H3. The van der Waals surface area contributed by atoms with Gasteiger partial charge in [-0.15, -0.1) is 0 Å². The molecule has 3 nitrogen and oxygen atoms in total. The van der Waals surface area contributed by atoms with Gasteiger partial charge in [-0.25, -0.2) is 0 Å². The maximum absolute atomic E-state index is 12.0. The number of phenolic OH excluding ortho intramolecular Hbond substituents is 2. The van der Waals surface area contributed by atoms with E-state index < -0.39 is 13.0 Å². The summed E-state index contributed by atoms with van der Waals surface area (Å²) in [5.74, 6) is -0.187. The van der Waals surface area contributed by atoms with Crippen molar-refractivity contribution in [3.63, 3.8) is 0 Å². The van der Waals surface area contributed by atoms with Crippen LogP contribution in [0, 0.1) is 0 Å². The van der Waals surface area contributed by atoms with Crippen LogP contribution < -0.4 is 5.30 Å². The highest BCUT2D eigenvalue weighted by molar-refractivity contribution is 7.55. The number of hydrogen-bond acceptors (Lipinski definition) is 3. The van der Waals surface area contributed by atoms with Crippen molar-refractivity contribution < 1.29 is 14.8 Å². The van der Waals surface area contributed by atoms with Gasteiger partial charge in [-0.05, 0) is 12.1 Å². The molecule has 2 N–H and O–H groups in total. The molecule has 0 heterocycles. The molecule has 0 bridgehead atoms. The second-order valence-corrected chi connectivity index (χ2v) is 6.91. The molecule has 1 rings (SSSR count). The lowest BCUT2D eigenvalue weighted by Gasteiger charge is -2.19. The third-order valence-electron chi connectivity index (χ3n) is 1.93. The Bertz CT molecular complexity index is 346. The SMILES string of the molecule is CC(C)(C)[PH](=O)c1c(O)cccc1O. The molecule has 0 fully saturated rings. The van der Waals surface area contributed by atoms with Crippen LogP contribution in [0.3, 0.4) is 0 Å². The Labute approximate surface area is 84.2 Å². The number of rotatable bonds is 1. The van der Waals surface area contributed by atoms with Crippen molar-refractivity contribution in [2.24, 2.45) is 0 Å². The van der Waals surface area contributed by atoms with Gasteiger partial charge in [0.1, 0.15) is 19.3 Å². The van der Waals surface area contributed by atoms with Gasteiger partial charge in [0.25, 0.3) is 0 Å². The topological polar surface area (TPSA) is 57.5 Å². The van der Waals surface area contributed by atoms with Crippen molar-refractivity contribution in [2.45, 2.75) is 25.9 Å². The highest BCUT2D eigenvalue weighted by Gasteiger charge is 2.25. The number of hydrogen-bond donors (Lipinski definition) is 2. The Morgan fingerprint density at radius 3 is 1.93 bits per heavy atom. The highest BCUT2D eigenvalue weighted by Crippen LogP contribution is 2.42. The van der Waals surface area contributed by atoms with Crippen LogP contribution in [0.4, 0.5) is 0 Å². The molecule has 1 aromatic carbocycles. The van der Waals surface area contributed by atoms with Gasteiger partial charge in [-0.1, -0.05) is 26.8 Å². The van der Waals surface area contributed by atoms with Gasteiger partial charge in [-0.2, -0.15) is 0 Å². The fraction of sp³-hybridized carbons (Fsp3) is 0.400. The van der Waals surface area contributed by atoms with E-state index in [0.717, 1.165) is 0 Å². The van der Waals surface area contributed by atoms with E-state index in [4.69, 9.17) is 0 Å². The Hall–Kier alpha value is -0.950. The van der Waals surface area contributed by atoms with Gasteiger partial charge in [0, 0.05) is 5.16 Å². The van der Waals surface area contributed by atoms with E-state index >= 15 is 0 Å². The Balaban J connectivity index is 3.26. The third-order valence-corrected chi connectivity index (χ3v) is 4.26. The quantitative estimate of drug-likeness (QED) is 0.703. The molecule has 0 radical (unpaired) electrons. The molecule has 0 aliphatic carbocycles. The third kappa shape index (κ3) is 2.10. The van der Waals surface area contributed by atoms with E-state index in [9.17, 15) is 14.8 Å². The van der Waals surface area contributed by atoms with E-state index in [2.05, 4.69) is 0 Å². The molecule has 14 heavy (non-hydrogen) atoms. The van der Waals surface area contributed by atoms with Crippen LogP contribution in [0.15, 0.2) is 18.2 Å². The first kappa shape index (κ1) is 11.1. The first-order chi connectivity index (χ1) is 6.34. The van der Waals surface area contributed by atoms with Crippen LogP contribution in [-0.2, 0) is 4.57 Å². The minimum atomic E-state index is -2.19. The van der Waals surface area contributed by atoms with E-state index in [1.54, 1.807) is 0 Å².